The lowest BCUT2D eigenvalue weighted by molar-refractivity contribution is -0.0725. The average Bonchev–Trinajstić information content (AvgIpc) is 2.88. The summed E-state index contributed by atoms with van der Waals surface area (Å²) in [5.41, 5.74) is 0.721. The molecule has 1 aliphatic carbocycles. The first kappa shape index (κ1) is 13.3. The Morgan fingerprint density at radius 2 is 2.11 bits per heavy atom. The minimum absolute atomic E-state index is 0.226. The van der Waals surface area contributed by atoms with E-state index in [0.29, 0.717) is 11.5 Å². The summed E-state index contributed by atoms with van der Waals surface area (Å²) in [6.45, 7) is 5.82. The molecule has 2 heterocycles. The van der Waals surface area contributed by atoms with Crippen molar-refractivity contribution >= 4 is 11.8 Å². The summed E-state index contributed by atoms with van der Waals surface area (Å²) in [7, 11) is 0. The van der Waals surface area contributed by atoms with E-state index in [1.54, 1.807) is 0 Å². The summed E-state index contributed by atoms with van der Waals surface area (Å²) in [6.07, 6.45) is 7.87. The van der Waals surface area contributed by atoms with Crippen LogP contribution in [0.1, 0.15) is 52.4 Å². The predicted octanol–water partition coefficient (Wildman–Crippen LogP) is 3.21. The number of thioether (sulfide) groups is 1. The topological polar surface area (TPSA) is 21.3 Å². The number of hydrogen-bond acceptors (Lipinski definition) is 3. The zero-order valence-electron chi connectivity index (χ0n) is 11.8. The lowest BCUT2D eigenvalue weighted by Crippen LogP contribution is -2.51. The molecule has 0 aromatic rings. The van der Waals surface area contributed by atoms with E-state index in [1.807, 2.05) is 0 Å². The summed E-state index contributed by atoms with van der Waals surface area (Å²) in [6, 6.07) is 1.42. The molecule has 0 aromatic heterocycles. The van der Waals surface area contributed by atoms with Crippen molar-refractivity contribution in [2.45, 2.75) is 70.1 Å². The van der Waals surface area contributed by atoms with E-state index < -0.39 is 0 Å². The first-order valence-electron chi connectivity index (χ1n) is 7.58. The third-order valence-corrected chi connectivity index (χ3v) is 6.48. The van der Waals surface area contributed by atoms with Crippen LogP contribution in [0.15, 0.2) is 0 Å². The molecule has 104 valence electrons. The van der Waals surface area contributed by atoms with E-state index in [0.717, 1.165) is 12.6 Å². The van der Waals surface area contributed by atoms with Crippen LogP contribution in [0.25, 0.3) is 0 Å². The van der Waals surface area contributed by atoms with Gasteiger partial charge in [-0.25, -0.2) is 0 Å². The van der Waals surface area contributed by atoms with Crippen LogP contribution in [-0.2, 0) is 4.74 Å². The molecule has 1 spiro atoms. The van der Waals surface area contributed by atoms with Gasteiger partial charge in [-0.05, 0) is 43.3 Å². The molecule has 0 aromatic carbocycles. The molecule has 3 atom stereocenters. The van der Waals surface area contributed by atoms with Gasteiger partial charge in [0.05, 0.1) is 5.60 Å². The Balaban J connectivity index is 1.59. The van der Waals surface area contributed by atoms with Gasteiger partial charge in [0.15, 0.2) is 0 Å². The lowest BCUT2D eigenvalue weighted by atomic mass is 9.84. The number of nitrogens with one attached hydrogen (secondary N) is 1. The Morgan fingerprint density at radius 1 is 1.22 bits per heavy atom. The molecular formula is C15H27NOS. The van der Waals surface area contributed by atoms with Crippen LogP contribution in [-0.4, -0.2) is 35.8 Å². The zero-order valence-corrected chi connectivity index (χ0v) is 12.7. The van der Waals surface area contributed by atoms with Crippen LogP contribution in [0, 0.1) is 5.41 Å². The molecule has 3 rings (SSSR count). The van der Waals surface area contributed by atoms with Gasteiger partial charge in [0, 0.05) is 24.4 Å². The monoisotopic (exact) mass is 269 g/mol. The SMILES string of the molecule is CC1(C)CCCC1NC1CCOC2(CCSC2)C1. The molecule has 3 aliphatic rings. The van der Waals surface area contributed by atoms with Gasteiger partial charge in [-0.1, -0.05) is 20.3 Å². The van der Waals surface area contributed by atoms with Gasteiger partial charge in [-0.3, -0.25) is 0 Å². The molecule has 2 saturated heterocycles. The smallest absolute Gasteiger partial charge is 0.0795 e. The Labute approximate surface area is 116 Å². The number of ether oxygens (including phenoxy) is 1. The second-order valence-electron chi connectivity index (χ2n) is 7.12. The van der Waals surface area contributed by atoms with Crippen molar-refractivity contribution in [2.75, 3.05) is 18.1 Å². The van der Waals surface area contributed by atoms with Crippen molar-refractivity contribution in [1.29, 1.82) is 0 Å². The summed E-state index contributed by atoms with van der Waals surface area (Å²) < 4.78 is 6.11. The minimum Gasteiger partial charge on any atom is -0.374 e. The molecule has 3 heteroatoms. The normalized spacial score (nSPS) is 43.7. The average molecular weight is 269 g/mol. The van der Waals surface area contributed by atoms with Gasteiger partial charge in [-0.15, -0.1) is 0 Å². The van der Waals surface area contributed by atoms with Crippen molar-refractivity contribution in [1.82, 2.24) is 5.32 Å². The second-order valence-corrected chi connectivity index (χ2v) is 8.23. The molecule has 18 heavy (non-hydrogen) atoms. The molecule has 2 nitrogen and oxygen atoms in total. The molecule has 0 radical (unpaired) electrons. The first-order valence-corrected chi connectivity index (χ1v) is 8.73. The molecular weight excluding hydrogens is 242 g/mol. The molecule has 3 fully saturated rings. The number of rotatable bonds is 2. The largest absolute Gasteiger partial charge is 0.374 e. The van der Waals surface area contributed by atoms with E-state index in [2.05, 4.69) is 30.9 Å². The molecule has 2 aliphatic heterocycles. The highest BCUT2D eigenvalue weighted by Crippen LogP contribution is 2.41. The standard InChI is InChI=1S/C15H27NOS/c1-14(2)6-3-4-13(14)16-12-5-8-17-15(10-12)7-9-18-11-15/h12-13,16H,3-11H2,1-2H3. The summed E-state index contributed by atoms with van der Waals surface area (Å²) in [5, 5.41) is 3.97. The second kappa shape index (κ2) is 4.99. The highest BCUT2D eigenvalue weighted by atomic mass is 32.2. The Bertz CT molecular complexity index is 299. The maximum absolute atomic E-state index is 6.11. The van der Waals surface area contributed by atoms with Crippen LogP contribution in [0.5, 0.6) is 0 Å². The zero-order chi connectivity index (χ0) is 12.6. The third kappa shape index (κ3) is 2.59. The minimum atomic E-state index is 0.226. The van der Waals surface area contributed by atoms with E-state index >= 15 is 0 Å². The first-order chi connectivity index (χ1) is 8.60. The van der Waals surface area contributed by atoms with E-state index in [4.69, 9.17) is 4.74 Å². The van der Waals surface area contributed by atoms with E-state index in [9.17, 15) is 0 Å². The quantitative estimate of drug-likeness (QED) is 0.832. The van der Waals surface area contributed by atoms with E-state index in [1.165, 1.54) is 50.0 Å². The van der Waals surface area contributed by atoms with Gasteiger partial charge in [-0.2, -0.15) is 11.8 Å². The van der Waals surface area contributed by atoms with Crippen molar-refractivity contribution in [3.8, 4) is 0 Å². The summed E-state index contributed by atoms with van der Waals surface area (Å²) >= 11 is 2.07. The maximum Gasteiger partial charge on any atom is 0.0795 e. The van der Waals surface area contributed by atoms with Gasteiger partial charge >= 0.3 is 0 Å². The van der Waals surface area contributed by atoms with Gasteiger partial charge in [0.25, 0.3) is 0 Å². The van der Waals surface area contributed by atoms with Gasteiger partial charge in [0.2, 0.25) is 0 Å². The lowest BCUT2D eigenvalue weighted by Gasteiger charge is -2.41. The third-order valence-electron chi connectivity index (χ3n) is 5.25. The van der Waals surface area contributed by atoms with Crippen molar-refractivity contribution < 1.29 is 4.74 Å². The van der Waals surface area contributed by atoms with Crippen molar-refractivity contribution in [3.05, 3.63) is 0 Å². The summed E-state index contributed by atoms with van der Waals surface area (Å²) in [5.74, 6) is 2.51. The Kier molecular flexibility index (Phi) is 3.68. The van der Waals surface area contributed by atoms with Crippen LogP contribution in [0.3, 0.4) is 0 Å². The molecule has 3 unspecified atom stereocenters. The molecule has 1 saturated carbocycles. The van der Waals surface area contributed by atoms with Crippen LogP contribution >= 0.6 is 11.8 Å². The molecule has 0 amide bonds. The Morgan fingerprint density at radius 3 is 2.78 bits per heavy atom. The van der Waals surface area contributed by atoms with Gasteiger partial charge in [0.1, 0.15) is 0 Å². The van der Waals surface area contributed by atoms with Crippen LogP contribution in [0.4, 0.5) is 0 Å². The van der Waals surface area contributed by atoms with Crippen LogP contribution < -0.4 is 5.32 Å². The molecule has 1 N–H and O–H groups in total. The van der Waals surface area contributed by atoms with Gasteiger partial charge < -0.3 is 10.1 Å². The fourth-order valence-corrected chi connectivity index (χ4v) is 5.33. The van der Waals surface area contributed by atoms with Crippen LogP contribution in [0.2, 0.25) is 0 Å². The Hall–Kier alpha value is 0.270. The van der Waals surface area contributed by atoms with Crippen molar-refractivity contribution in [2.24, 2.45) is 5.41 Å². The number of hydrogen-bond donors (Lipinski definition) is 1. The highest BCUT2D eigenvalue weighted by Gasteiger charge is 2.42. The maximum atomic E-state index is 6.11. The van der Waals surface area contributed by atoms with Crippen molar-refractivity contribution in [3.63, 3.8) is 0 Å². The fourth-order valence-electron chi connectivity index (χ4n) is 3.95. The summed E-state index contributed by atoms with van der Waals surface area (Å²) in [4.78, 5) is 0. The fraction of sp³-hybridized carbons (Fsp3) is 1.00. The molecule has 0 bridgehead atoms. The highest BCUT2D eigenvalue weighted by molar-refractivity contribution is 7.99. The predicted molar refractivity (Wildman–Crippen MR) is 78.2 cm³/mol. The van der Waals surface area contributed by atoms with E-state index in [-0.39, 0.29) is 5.60 Å².